The second-order valence-electron chi connectivity index (χ2n) is 4.91. The van der Waals surface area contributed by atoms with Gasteiger partial charge in [-0.25, -0.2) is 9.97 Å². The zero-order chi connectivity index (χ0) is 13.1. The van der Waals surface area contributed by atoms with Crippen LogP contribution in [0.3, 0.4) is 0 Å². The van der Waals surface area contributed by atoms with Crippen molar-refractivity contribution in [2.75, 3.05) is 13.1 Å². The summed E-state index contributed by atoms with van der Waals surface area (Å²) in [6, 6.07) is 1.96. The maximum Gasteiger partial charge on any atom is 0.128 e. The summed E-state index contributed by atoms with van der Waals surface area (Å²) in [6.45, 7) is 6.08. The Morgan fingerprint density at radius 2 is 2.26 bits per heavy atom. The average molecular weight is 257 g/mol. The Balaban J connectivity index is 1.64. The lowest BCUT2D eigenvalue weighted by atomic mass is 10.1. The summed E-state index contributed by atoms with van der Waals surface area (Å²) in [5.74, 6) is 0.952. The molecule has 0 fully saturated rings. The first kappa shape index (κ1) is 12.3. The summed E-state index contributed by atoms with van der Waals surface area (Å²) in [7, 11) is 0. The van der Waals surface area contributed by atoms with Gasteiger partial charge in [-0.15, -0.1) is 0 Å². The van der Waals surface area contributed by atoms with Crippen LogP contribution in [0.4, 0.5) is 0 Å². The Bertz CT molecular complexity index is 535. The van der Waals surface area contributed by atoms with E-state index in [1.165, 1.54) is 11.3 Å². The van der Waals surface area contributed by atoms with Crippen LogP contribution in [0.2, 0.25) is 0 Å². The fourth-order valence-corrected chi connectivity index (χ4v) is 2.44. The first-order valence-corrected chi connectivity index (χ1v) is 6.88. The molecule has 5 nitrogen and oxygen atoms in total. The summed E-state index contributed by atoms with van der Waals surface area (Å²) >= 11 is 0. The van der Waals surface area contributed by atoms with Gasteiger partial charge in [-0.05, 0) is 18.1 Å². The van der Waals surface area contributed by atoms with Crippen LogP contribution in [0, 0.1) is 0 Å². The molecule has 3 rings (SSSR count). The normalized spacial score (nSPS) is 15.4. The molecule has 0 aliphatic carbocycles. The summed E-state index contributed by atoms with van der Waals surface area (Å²) in [4.78, 5) is 11.5. The Morgan fingerprint density at radius 1 is 1.32 bits per heavy atom. The molecule has 1 aliphatic rings. The molecule has 2 aromatic heterocycles. The van der Waals surface area contributed by atoms with Gasteiger partial charge in [0.25, 0.3) is 0 Å². The van der Waals surface area contributed by atoms with Crippen LogP contribution in [0.5, 0.6) is 0 Å². The fourth-order valence-electron chi connectivity index (χ4n) is 2.44. The van der Waals surface area contributed by atoms with E-state index in [1.54, 1.807) is 0 Å². The summed E-state index contributed by atoms with van der Waals surface area (Å²) in [5, 5.41) is 4.24. The van der Waals surface area contributed by atoms with Crippen molar-refractivity contribution >= 4 is 0 Å². The van der Waals surface area contributed by atoms with Crippen molar-refractivity contribution in [3.8, 4) is 0 Å². The van der Waals surface area contributed by atoms with Crippen molar-refractivity contribution in [2.24, 2.45) is 0 Å². The molecule has 100 valence electrons. The lowest BCUT2D eigenvalue weighted by Gasteiger charge is -2.27. The molecule has 1 aliphatic heterocycles. The monoisotopic (exact) mass is 257 g/mol. The first-order valence-electron chi connectivity index (χ1n) is 6.88. The third-order valence-corrected chi connectivity index (χ3v) is 3.60. The SMILES string of the molecule is CCc1ncc2c(n1)CN(CCn1cccn1)CC2. The summed E-state index contributed by atoms with van der Waals surface area (Å²) in [5.41, 5.74) is 2.52. The van der Waals surface area contributed by atoms with E-state index in [4.69, 9.17) is 0 Å². The molecule has 0 unspecified atom stereocenters. The molecule has 0 atom stereocenters. The number of hydrogen-bond donors (Lipinski definition) is 0. The molecule has 0 saturated carbocycles. The summed E-state index contributed by atoms with van der Waals surface area (Å²) < 4.78 is 1.98. The van der Waals surface area contributed by atoms with Crippen LogP contribution in [0.15, 0.2) is 24.7 Å². The number of aromatic nitrogens is 4. The van der Waals surface area contributed by atoms with Crippen molar-refractivity contribution < 1.29 is 0 Å². The third-order valence-electron chi connectivity index (χ3n) is 3.60. The minimum Gasteiger partial charge on any atom is -0.295 e. The van der Waals surface area contributed by atoms with Gasteiger partial charge < -0.3 is 0 Å². The van der Waals surface area contributed by atoms with E-state index in [0.717, 1.165) is 44.8 Å². The van der Waals surface area contributed by atoms with Gasteiger partial charge in [-0.3, -0.25) is 9.58 Å². The highest BCUT2D eigenvalue weighted by atomic mass is 15.3. The van der Waals surface area contributed by atoms with Gasteiger partial charge in [-0.2, -0.15) is 5.10 Å². The van der Waals surface area contributed by atoms with Gasteiger partial charge in [0, 0.05) is 44.6 Å². The number of nitrogens with zero attached hydrogens (tertiary/aromatic N) is 5. The number of hydrogen-bond acceptors (Lipinski definition) is 4. The van der Waals surface area contributed by atoms with E-state index in [9.17, 15) is 0 Å². The first-order chi connectivity index (χ1) is 9.35. The highest BCUT2D eigenvalue weighted by Gasteiger charge is 2.17. The quantitative estimate of drug-likeness (QED) is 0.828. The van der Waals surface area contributed by atoms with E-state index in [-0.39, 0.29) is 0 Å². The van der Waals surface area contributed by atoms with Crippen LogP contribution in [0.1, 0.15) is 24.0 Å². The van der Waals surface area contributed by atoms with E-state index < -0.39 is 0 Å². The molecule has 0 amide bonds. The maximum absolute atomic E-state index is 4.65. The van der Waals surface area contributed by atoms with Crippen molar-refractivity contribution in [3.05, 3.63) is 41.7 Å². The molecule has 0 spiro atoms. The van der Waals surface area contributed by atoms with Crippen molar-refractivity contribution in [3.63, 3.8) is 0 Å². The van der Waals surface area contributed by atoms with Gasteiger partial charge in [0.1, 0.15) is 5.82 Å². The van der Waals surface area contributed by atoms with Gasteiger partial charge in [0.15, 0.2) is 0 Å². The highest BCUT2D eigenvalue weighted by molar-refractivity contribution is 5.20. The topological polar surface area (TPSA) is 46.8 Å². The largest absolute Gasteiger partial charge is 0.295 e. The number of rotatable bonds is 4. The molecule has 0 N–H and O–H groups in total. The molecule has 3 heterocycles. The predicted molar refractivity (Wildman–Crippen MR) is 72.6 cm³/mol. The zero-order valence-corrected chi connectivity index (χ0v) is 11.3. The lowest BCUT2D eigenvalue weighted by Crippen LogP contribution is -2.34. The molecule has 0 saturated heterocycles. The average Bonchev–Trinajstić information content (AvgIpc) is 2.97. The molecule has 0 radical (unpaired) electrons. The minimum atomic E-state index is 0.903. The fraction of sp³-hybridized carbons (Fsp3) is 0.500. The summed E-state index contributed by atoms with van der Waals surface area (Å²) in [6.07, 6.45) is 7.80. The molecular formula is C14H19N5. The second-order valence-corrected chi connectivity index (χ2v) is 4.91. The van der Waals surface area contributed by atoms with Crippen LogP contribution >= 0.6 is 0 Å². The zero-order valence-electron chi connectivity index (χ0n) is 11.3. The molecule has 0 bridgehead atoms. The van der Waals surface area contributed by atoms with Gasteiger partial charge >= 0.3 is 0 Å². The molecule has 2 aromatic rings. The van der Waals surface area contributed by atoms with Crippen LogP contribution in [0.25, 0.3) is 0 Å². The Morgan fingerprint density at radius 3 is 3.05 bits per heavy atom. The van der Waals surface area contributed by atoms with E-state index in [0.29, 0.717) is 0 Å². The van der Waals surface area contributed by atoms with Crippen molar-refractivity contribution in [1.82, 2.24) is 24.6 Å². The van der Waals surface area contributed by atoms with Crippen molar-refractivity contribution in [2.45, 2.75) is 32.9 Å². The lowest BCUT2D eigenvalue weighted by molar-refractivity contribution is 0.236. The van der Waals surface area contributed by atoms with Crippen LogP contribution < -0.4 is 0 Å². The van der Waals surface area contributed by atoms with Crippen LogP contribution in [-0.2, 0) is 25.9 Å². The Labute approximate surface area is 113 Å². The standard InChI is InChI=1S/C14H19N5/c1-2-14-15-10-12-4-7-18(11-13(12)17-14)8-9-19-6-3-5-16-19/h3,5-6,10H,2,4,7-9,11H2,1H3. The Hall–Kier alpha value is -1.75. The van der Waals surface area contributed by atoms with Crippen LogP contribution in [-0.4, -0.2) is 37.7 Å². The Kier molecular flexibility index (Phi) is 3.55. The number of fused-ring (bicyclic) bond motifs is 1. The predicted octanol–water partition coefficient (Wildman–Crippen LogP) is 1.29. The maximum atomic E-state index is 4.65. The number of aryl methyl sites for hydroxylation is 1. The van der Waals surface area contributed by atoms with E-state index in [2.05, 4.69) is 26.9 Å². The van der Waals surface area contributed by atoms with Gasteiger partial charge in [-0.1, -0.05) is 6.92 Å². The van der Waals surface area contributed by atoms with Gasteiger partial charge in [0.2, 0.25) is 0 Å². The molecule has 19 heavy (non-hydrogen) atoms. The minimum absolute atomic E-state index is 0.903. The molecule has 0 aromatic carbocycles. The molecule has 5 heteroatoms. The molecular weight excluding hydrogens is 238 g/mol. The smallest absolute Gasteiger partial charge is 0.128 e. The second kappa shape index (κ2) is 5.48. The van der Waals surface area contributed by atoms with Gasteiger partial charge in [0.05, 0.1) is 12.2 Å². The third kappa shape index (κ3) is 2.81. The van der Waals surface area contributed by atoms with Crippen molar-refractivity contribution in [1.29, 1.82) is 0 Å². The van der Waals surface area contributed by atoms with E-state index in [1.807, 2.05) is 29.3 Å². The van der Waals surface area contributed by atoms with E-state index >= 15 is 0 Å². The highest BCUT2D eigenvalue weighted by Crippen LogP contribution is 2.16.